The molecule has 0 saturated heterocycles. The lowest BCUT2D eigenvalue weighted by Gasteiger charge is -2.13. The highest BCUT2D eigenvalue weighted by molar-refractivity contribution is 7.84. The molecule has 0 radical (unpaired) electrons. The molecule has 1 amide bonds. The first-order chi connectivity index (χ1) is 7.90. The summed E-state index contributed by atoms with van der Waals surface area (Å²) < 4.78 is 11.0. The lowest BCUT2D eigenvalue weighted by atomic mass is 10.2. The molecule has 0 spiro atoms. The molecule has 0 fully saturated rings. The normalized spacial score (nSPS) is 14.1. The summed E-state index contributed by atoms with van der Waals surface area (Å²) in [6.07, 6.45) is 1.60. The molecule has 94 valence electrons. The fraction of sp³-hybridized carbons (Fsp3) is 0.364. The van der Waals surface area contributed by atoms with Crippen LogP contribution in [0.2, 0.25) is 5.02 Å². The third-order valence-electron chi connectivity index (χ3n) is 2.10. The Labute approximate surface area is 108 Å². The first kappa shape index (κ1) is 14.0. The van der Waals surface area contributed by atoms with E-state index in [0.717, 1.165) is 0 Å². The highest BCUT2D eigenvalue weighted by Crippen LogP contribution is 2.19. The topological polar surface area (TPSA) is 72.2 Å². The molecule has 2 unspecified atom stereocenters. The molecule has 17 heavy (non-hydrogen) atoms. The van der Waals surface area contributed by atoms with Crippen LogP contribution in [0.15, 0.2) is 18.2 Å². The van der Waals surface area contributed by atoms with Crippen molar-refractivity contribution in [2.45, 2.75) is 13.0 Å². The molecule has 1 rings (SSSR count). The third-order valence-corrected chi connectivity index (χ3v) is 3.38. The van der Waals surface area contributed by atoms with E-state index in [1.165, 1.54) is 6.07 Å². The van der Waals surface area contributed by atoms with Crippen LogP contribution in [0.1, 0.15) is 17.3 Å². The fourth-order valence-electron chi connectivity index (χ4n) is 1.41. The number of amides is 1. The average molecular weight is 275 g/mol. The van der Waals surface area contributed by atoms with Gasteiger partial charge in [0.25, 0.3) is 5.91 Å². The molecule has 0 heterocycles. The Bertz CT molecular complexity index is 451. The molecule has 0 aliphatic heterocycles. The number of rotatable bonds is 4. The van der Waals surface area contributed by atoms with Crippen LogP contribution in [-0.2, 0) is 10.8 Å². The van der Waals surface area contributed by atoms with Crippen molar-refractivity contribution in [2.24, 2.45) is 0 Å². The summed E-state index contributed by atoms with van der Waals surface area (Å²) in [5.41, 5.74) is 6.42. The van der Waals surface area contributed by atoms with E-state index in [1.807, 2.05) is 0 Å². The van der Waals surface area contributed by atoms with Crippen molar-refractivity contribution in [1.82, 2.24) is 5.32 Å². The highest BCUT2D eigenvalue weighted by Gasteiger charge is 2.13. The number of carbonyl (C=O) groups is 1. The van der Waals surface area contributed by atoms with Gasteiger partial charge < -0.3 is 11.1 Å². The van der Waals surface area contributed by atoms with Gasteiger partial charge >= 0.3 is 0 Å². The number of nitrogens with one attached hydrogen (secondary N) is 1. The second-order valence-electron chi connectivity index (χ2n) is 3.85. The summed E-state index contributed by atoms with van der Waals surface area (Å²) in [6.45, 7) is 1.80. The van der Waals surface area contributed by atoms with Crippen molar-refractivity contribution < 1.29 is 9.00 Å². The maximum atomic E-state index is 11.8. The number of halogens is 1. The minimum atomic E-state index is -0.945. The van der Waals surface area contributed by atoms with Gasteiger partial charge in [0.05, 0.1) is 10.6 Å². The summed E-state index contributed by atoms with van der Waals surface area (Å²) in [4.78, 5) is 11.8. The average Bonchev–Trinajstić information content (AvgIpc) is 2.15. The van der Waals surface area contributed by atoms with E-state index >= 15 is 0 Å². The van der Waals surface area contributed by atoms with Crippen LogP contribution in [0, 0.1) is 0 Å². The zero-order valence-corrected chi connectivity index (χ0v) is 11.3. The Morgan fingerprint density at radius 1 is 1.59 bits per heavy atom. The largest absolute Gasteiger partial charge is 0.399 e. The van der Waals surface area contributed by atoms with Gasteiger partial charge in [-0.05, 0) is 25.1 Å². The molecule has 6 heteroatoms. The lowest BCUT2D eigenvalue weighted by molar-refractivity contribution is 0.0944. The predicted octanol–water partition coefficient (Wildman–Crippen LogP) is 1.42. The number of carbonyl (C=O) groups excluding carboxylic acids is 1. The molecule has 1 aromatic carbocycles. The molecule has 0 bridgehead atoms. The maximum Gasteiger partial charge on any atom is 0.253 e. The summed E-state index contributed by atoms with van der Waals surface area (Å²) in [5.74, 6) is 0.131. The number of benzene rings is 1. The van der Waals surface area contributed by atoms with Crippen molar-refractivity contribution in [1.29, 1.82) is 0 Å². The maximum absolute atomic E-state index is 11.8. The van der Waals surface area contributed by atoms with E-state index in [2.05, 4.69) is 5.32 Å². The second-order valence-corrected chi connectivity index (χ2v) is 5.74. The highest BCUT2D eigenvalue weighted by atomic mass is 35.5. The molecule has 0 aliphatic rings. The van der Waals surface area contributed by atoms with Crippen molar-refractivity contribution >= 4 is 34.0 Å². The Balaban J connectivity index is 2.73. The molecule has 0 aromatic heterocycles. The Hall–Kier alpha value is -1.07. The lowest BCUT2D eigenvalue weighted by Crippen LogP contribution is -2.36. The van der Waals surface area contributed by atoms with Gasteiger partial charge in [0.15, 0.2) is 0 Å². The van der Waals surface area contributed by atoms with Crippen LogP contribution in [-0.4, -0.2) is 28.2 Å². The predicted molar refractivity (Wildman–Crippen MR) is 71.7 cm³/mol. The van der Waals surface area contributed by atoms with Crippen LogP contribution in [0.4, 0.5) is 5.69 Å². The van der Waals surface area contributed by atoms with Gasteiger partial charge in [-0.3, -0.25) is 9.00 Å². The molecule has 1 aromatic rings. The summed E-state index contributed by atoms with van der Waals surface area (Å²) in [5, 5.41) is 3.04. The number of hydrogen-bond acceptors (Lipinski definition) is 3. The summed E-state index contributed by atoms with van der Waals surface area (Å²) in [7, 11) is -0.945. The van der Waals surface area contributed by atoms with Crippen LogP contribution < -0.4 is 11.1 Å². The number of anilines is 1. The first-order valence-corrected chi connectivity index (χ1v) is 7.16. The second kappa shape index (κ2) is 6.02. The molecular formula is C11H15ClN2O2S. The van der Waals surface area contributed by atoms with Crippen molar-refractivity contribution in [2.75, 3.05) is 17.7 Å². The smallest absolute Gasteiger partial charge is 0.253 e. The van der Waals surface area contributed by atoms with Crippen LogP contribution in [0.3, 0.4) is 0 Å². The van der Waals surface area contributed by atoms with Gasteiger partial charge in [0.2, 0.25) is 0 Å². The number of nitrogen functional groups attached to an aromatic ring is 1. The summed E-state index contributed by atoms with van der Waals surface area (Å²) in [6, 6.07) is 4.55. The van der Waals surface area contributed by atoms with Crippen molar-refractivity contribution in [3.63, 3.8) is 0 Å². The first-order valence-electron chi connectivity index (χ1n) is 5.06. The molecule has 0 aliphatic carbocycles. The van der Waals surface area contributed by atoms with Crippen LogP contribution >= 0.6 is 11.6 Å². The standard InChI is InChI=1S/C11H15ClN2O2S/c1-7(6-17(2)16)14-11(15)9-4-3-8(13)5-10(9)12/h3-5,7H,6,13H2,1-2H3,(H,14,15). The third kappa shape index (κ3) is 4.36. The van der Waals surface area contributed by atoms with E-state index in [9.17, 15) is 9.00 Å². The zero-order valence-electron chi connectivity index (χ0n) is 9.70. The van der Waals surface area contributed by atoms with E-state index in [-0.39, 0.29) is 11.9 Å². The van der Waals surface area contributed by atoms with E-state index in [1.54, 1.807) is 25.3 Å². The minimum absolute atomic E-state index is 0.165. The summed E-state index contributed by atoms with van der Waals surface area (Å²) >= 11 is 5.91. The SMILES string of the molecule is CC(CS(C)=O)NC(=O)c1ccc(N)cc1Cl. The van der Waals surface area contributed by atoms with Crippen LogP contribution in [0.5, 0.6) is 0 Å². The van der Waals surface area contributed by atoms with Crippen molar-refractivity contribution in [3.05, 3.63) is 28.8 Å². The quantitative estimate of drug-likeness (QED) is 0.816. The molecule has 0 saturated carbocycles. The minimum Gasteiger partial charge on any atom is -0.399 e. The van der Waals surface area contributed by atoms with Gasteiger partial charge in [0.1, 0.15) is 0 Å². The Kier molecular flexibility index (Phi) is 4.96. The van der Waals surface area contributed by atoms with Crippen LogP contribution in [0.25, 0.3) is 0 Å². The molecule has 4 nitrogen and oxygen atoms in total. The van der Waals surface area contributed by atoms with E-state index in [0.29, 0.717) is 22.0 Å². The fourth-order valence-corrected chi connectivity index (χ4v) is 2.47. The Morgan fingerprint density at radius 2 is 2.24 bits per heavy atom. The van der Waals surface area contributed by atoms with Gasteiger partial charge in [-0.1, -0.05) is 11.6 Å². The number of hydrogen-bond donors (Lipinski definition) is 2. The van der Waals surface area contributed by atoms with E-state index in [4.69, 9.17) is 17.3 Å². The van der Waals surface area contributed by atoms with Crippen molar-refractivity contribution in [3.8, 4) is 0 Å². The Morgan fingerprint density at radius 3 is 2.76 bits per heavy atom. The van der Waals surface area contributed by atoms with Gasteiger partial charge in [-0.25, -0.2) is 0 Å². The molecule has 3 N–H and O–H groups in total. The number of nitrogens with two attached hydrogens (primary N) is 1. The molecular weight excluding hydrogens is 260 g/mol. The molecule has 2 atom stereocenters. The van der Waals surface area contributed by atoms with Gasteiger partial charge in [-0.15, -0.1) is 0 Å². The van der Waals surface area contributed by atoms with Gasteiger partial charge in [-0.2, -0.15) is 0 Å². The van der Waals surface area contributed by atoms with Gasteiger partial charge in [0, 0.05) is 34.5 Å². The monoisotopic (exact) mass is 274 g/mol. The zero-order chi connectivity index (χ0) is 13.0. The van der Waals surface area contributed by atoms with E-state index < -0.39 is 10.8 Å².